The molecule has 3 unspecified atom stereocenters. The van der Waals surface area contributed by atoms with Gasteiger partial charge < -0.3 is 19.8 Å². The van der Waals surface area contributed by atoms with Crippen molar-refractivity contribution in [1.29, 1.82) is 0 Å². The number of nitrogens with zero attached hydrogens (tertiary/aromatic N) is 1. The molecule has 0 bridgehead atoms. The van der Waals surface area contributed by atoms with Gasteiger partial charge in [-0.25, -0.2) is 4.79 Å². The Labute approximate surface area is 111 Å². The van der Waals surface area contributed by atoms with Crippen molar-refractivity contribution in [3.05, 3.63) is 10.6 Å². The molecule has 0 aromatic rings. The first-order chi connectivity index (χ1) is 8.45. The van der Waals surface area contributed by atoms with E-state index in [0.717, 1.165) is 4.91 Å². The Hall–Kier alpha value is -0.720. The maximum Gasteiger partial charge on any atom is 0.353 e. The van der Waals surface area contributed by atoms with Crippen LogP contribution >= 0.6 is 11.8 Å². The number of carboxylic acids is 1. The predicted octanol–water partition coefficient (Wildman–Crippen LogP) is 0.949. The number of carbonyl (C=O) groups is 1. The van der Waals surface area contributed by atoms with E-state index in [9.17, 15) is 15.0 Å². The van der Waals surface area contributed by atoms with Crippen LogP contribution in [-0.2, 0) is 9.53 Å². The molecule has 2 aliphatic heterocycles. The largest absolute Gasteiger partial charge is 0.477 e. The van der Waals surface area contributed by atoms with Gasteiger partial charge in [-0.3, -0.25) is 0 Å². The number of carboxylic acid groups (broad SMARTS) is 1. The van der Waals surface area contributed by atoms with Crippen LogP contribution in [0.4, 0.5) is 0 Å². The average Bonchev–Trinajstić information content (AvgIpc) is 2.48. The summed E-state index contributed by atoms with van der Waals surface area (Å²) in [4.78, 5) is 14.1. The first-order valence-electron chi connectivity index (χ1n) is 5.96. The molecule has 0 radical (unpaired) electrons. The number of hydrogen-bond donors (Lipinski definition) is 2. The van der Waals surface area contributed by atoms with Gasteiger partial charge in [0, 0.05) is 24.0 Å². The molecular formula is C12H19NO4S. The molecule has 2 N–H and O–H groups in total. The highest BCUT2D eigenvalue weighted by Gasteiger charge is 2.60. The normalized spacial score (nSPS) is 36.4. The molecule has 1 saturated heterocycles. The SMILES string of the molecule is COC1C(C(C)O)[C@H]2[C@@H](C)C(SC)=C(C(=O)O)N12. The van der Waals surface area contributed by atoms with E-state index in [1.165, 1.54) is 11.8 Å². The molecule has 0 saturated carbocycles. The van der Waals surface area contributed by atoms with E-state index in [0.29, 0.717) is 5.70 Å². The highest BCUT2D eigenvalue weighted by molar-refractivity contribution is 8.02. The summed E-state index contributed by atoms with van der Waals surface area (Å²) in [5.41, 5.74) is 0.337. The smallest absolute Gasteiger partial charge is 0.353 e. The topological polar surface area (TPSA) is 70.0 Å². The fourth-order valence-electron chi connectivity index (χ4n) is 3.25. The van der Waals surface area contributed by atoms with Crippen molar-refractivity contribution in [2.24, 2.45) is 11.8 Å². The van der Waals surface area contributed by atoms with Crippen molar-refractivity contribution < 1.29 is 19.7 Å². The van der Waals surface area contributed by atoms with Crippen LogP contribution in [-0.4, -0.2) is 52.8 Å². The maximum absolute atomic E-state index is 11.4. The number of fused-ring (bicyclic) bond motifs is 1. The van der Waals surface area contributed by atoms with Crippen LogP contribution in [0.15, 0.2) is 10.6 Å². The van der Waals surface area contributed by atoms with Crippen molar-refractivity contribution in [2.45, 2.75) is 32.2 Å². The van der Waals surface area contributed by atoms with E-state index in [4.69, 9.17) is 4.74 Å². The molecule has 0 aromatic heterocycles. The number of rotatable bonds is 4. The summed E-state index contributed by atoms with van der Waals surface area (Å²) in [6, 6.07) is 0.0310. The van der Waals surface area contributed by atoms with Gasteiger partial charge in [-0.05, 0) is 13.2 Å². The molecule has 0 spiro atoms. The van der Waals surface area contributed by atoms with Gasteiger partial charge in [-0.15, -0.1) is 11.8 Å². The van der Waals surface area contributed by atoms with Crippen molar-refractivity contribution >= 4 is 17.7 Å². The van der Waals surface area contributed by atoms with Crippen molar-refractivity contribution in [3.63, 3.8) is 0 Å². The molecule has 2 rings (SSSR count). The van der Waals surface area contributed by atoms with Gasteiger partial charge in [0.2, 0.25) is 0 Å². The van der Waals surface area contributed by atoms with E-state index >= 15 is 0 Å². The van der Waals surface area contributed by atoms with Crippen molar-refractivity contribution in [1.82, 2.24) is 4.90 Å². The summed E-state index contributed by atoms with van der Waals surface area (Å²) >= 11 is 1.47. The zero-order valence-electron chi connectivity index (χ0n) is 11.0. The van der Waals surface area contributed by atoms with Gasteiger partial charge >= 0.3 is 5.97 Å². The number of aliphatic hydroxyl groups is 1. The Morgan fingerprint density at radius 1 is 1.56 bits per heavy atom. The highest BCUT2D eigenvalue weighted by atomic mass is 32.2. The number of ether oxygens (including phenoxy) is 1. The fraction of sp³-hybridized carbons (Fsp3) is 0.750. The number of hydrogen-bond acceptors (Lipinski definition) is 5. The molecule has 0 aliphatic carbocycles. The Kier molecular flexibility index (Phi) is 3.62. The minimum atomic E-state index is -0.917. The molecule has 2 heterocycles. The number of thioether (sulfide) groups is 1. The fourth-order valence-corrected chi connectivity index (χ4v) is 4.15. The third-order valence-electron chi connectivity index (χ3n) is 3.96. The molecule has 5 atom stereocenters. The summed E-state index contributed by atoms with van der Waals surface area (Å²) in [5.74, 6) is -0.833. The number of methoxy groups -OCH3 is 1. The third kappa shape index (κ3) is 1.66. The maximum atomic E-state index is 11.4. The molecule has 0 amide bonds. The molecule has 1 fully saturated rings. The van der Waals surface area contributed by atoms with Crippen LogP contribution in [0.3, 0.4) is 0 Å². The Morgan fingerprint density at radius 2 is 2.17 bits per heavy atom. The van der Waals surface area contributed by atoms with Crippen molar-refractivity contribution in [2.75, 3.05) is 13.4 Å². The van der Waals surface area contributed by atoms with E-state index in [1.807, 2.05) is 13.2 Å². The second kappa shape index (κ2) is 4.75. The lowest BCUT2D eigenvalue weighted by molar-refractivity contribution is -0.206. The summed E-state index contributed by atoms with van der Waals surface area (Å²) in [6.45, 7) is 3.75. The van der Waals surface area contributed by atoms with Crippen LogP contribution in [0.5, 0.6) is 0 Å². The predicted molar refractivity (Wildman–Crippen MR) is 68.9 cm³/mol. The van der Waals surface area contributed by atoms with Gasteiger partial charge in [0.1, 0.15) is 11.9 Å². The second-order valence-corrected chi connectivity index (χ2v) is 5.70. The molecule has 5 nitrogen and oxygen atoms in total. The summed E-state index contributed by atoms with van der Waals surface area (Å²) in [6.07, 6.45) is 1.04. The van der Waals surface area contributed by atoms with E-state index in [1.54, 1.807) is 18.9 Å². The van der Waals surface area contributed by atoms with Crippen LogP contribution < -0.4 is 0 Å². The minimum Gasteiger partial charge on any atom is -0.477 e. The van der Waals surface area contributed by atoms with Crippen molar-refractivity contribution in [3.8, 4) is 0 Å². The molecular weight excluding hydrogens is 254 g/mol. The summed E-state index contributed by atoms with van der Waals surface area (Å²) < 4.78 is 5.35. The van der Waals surface area contributed by atoms with Gasteiger partial charge in [0.05, 0.1) is 12.0 Å². The lowest BCUT2D eigenvalue weighted by Crippen LogP contribution is -2.67. The quantitative estimate of drug-likeness (QED) is 0.795. The van der Waals surface area contributed by atoms with Crippen LogP contribution in [0, 0.1) is 11.8 Å². The highest BCUT2D eigenvalue weighted by Crippen LogP contribution is 2.52. The number of aliphatic hydroxyl groups excluding tert-OH is 1. The lowest BCUT2D eigenvalue weighted by atomic mass is 9.78. The monoisotopic (exact) mass is 273 g/mol. The van der Waals surface area contributed by atoms with Gasteiger partial charge in [-0.1, -0.05) is 6.92 Å². The summed E-state index contributed by atoms with van der Waals surface area (Å²) in [7, 11) is 1.55. The van der Waals surface area contributed by atoms with Gasteiger partial charge in [0.15, 0.2) is 0 Å². The van der Waals surface area contributed by atoms with Gasteiger partial charge in [0.25, 0.3) is 0 Å². The summed E-state index contributed by atoms with van der Waals surface area (Å²) in [5, 5.41) is 19.2. The van der Waals surface area contributed by atoms with Crippen LogP contribution in [0.1, 0.15) is 13.8 Å². The molecule has 102 valence electrons. The van der Waals surface area contributed by atoms with E-state index in [-0.39, 0.29) is 24.1 Å². The first kappa shape index (κ1) is 13.7. The van der Waals surface area contributed by atoms with E-state index < -0.39 is 12.1 Å². The molecule has 2 aliphatic rings. The second-order valence-electron chi connectivity index (χ2n) is 4.85. The Bertz CT molecular complexity index is 396. The minimum absolute atomic E-state index is 0.0310. The molecule has 0 aromatic carbocycles. The zero-order valence-corrected chi connectivity index (χ0v) is 11.8. The lowest BCUT2D eigenvalue weighted by Gasteiger charge is -2.54. The third-order valence-corrected chi connectivity index (χ3v) is 4.96. The van der Waals surface area contributed by atoms with Crippen LogP contribution in [0.25, 0.3) is 0 Å². The van der Waals surface area contributed by atoms with Crippen LogP contribution in [0.2, 0.25) is 0 Å². The Balaban J connectivity index is 2.37. The molecule has 18 heavy (non-hydrogen) atoms. The molecule has 6 heteroatoms. The standard InChI is InChI=1S/C12H19NO4S/c1-5-8-7(6(2)14)11(17-3)13(8)9(12(15)16)10(5)18-4/h5-8,11,14H,1-4H3,(H,15,16)/t5-,6?,7?,8-,11?/m1/s1. The zero-order chi connectivity index (χ0) is 13.6. The Morgan fingerprint density at radius 3 is 2.56 bits per heavy atom. The average molecular weight is 273 g/mol. The first-order valence-corrected chi connectivity index (χ1v) is 7.18. The van der Waals surface area contributed by atoms with Gasteiger partial charge in [-0.2, -0.15) is 0 Å². The number of aliphatic carboxylic acids is 1. The van der Waals surface area contributed by atoms with E-state index in [2.05, 4.69) is 0 Å².